The molecule has 0 fully saturated rings. The van der Waals surface area contributed by atoms with Gasteiger partial charge >= 0.3 is 6.09 Å². The number of rotatable bonds is 10. The minimum absolute atomic E-state index is 0.0984. The summed E-state index contributed by atoms with van der Waals surface area (Å²) in [6, 6.07) is 4.12. The highest BCUT2D eigenvalue weighted by molar-refractivity contribution is 9.10. The van der Waals surface area contributed by atoms with Crippen LogP contribution in [-0.4, -0.2) is 34.8 Å². The second kappa shape index (κ2) is 10.9. The number of nitrogens with zero attached hydrogens (tertiary/aromatic N) is 1. The zero-order valence-electron chi connectivity index (χ0n) is 17.8. The molecule has 1 unspecified atom stereocenters. The molecule has 1 N–H and O–H groups in total. The van der Waals surface area contributed by atoms with Crippen molar-refractivity contribution in [2.45, 2.75) is 91.1 Å². The molecule has 1 amide bonds. The Hall–Kier alpha value is -1.23. The Morgan fingerprint density at radius 1 is 1.19 bits per heavy atom. The molecule has 1 aromatic carbocycles. The number of ether oxygens (including phenoxy) is 1. The number of hydrogen-bond donors (Lipinski definition) is 1. The fourth-order valence-corrected chi connectivity index (χ4v) is 4.17. The number of benzene rings is 1. The molecule has 1 aromatic rings. The number of halogens is 1. The molecule has 1 rings (SSSR count). The maximum absolute atomic E-state index is 11.9. The zero-order chi connectivity index (χ0) is 20.6. The van der Waals surface area contributed by atoms with Gasteiger partial charge in [0.05, 0.1) is 7.11 Å². The monoisotopic (exact) mass is 441 g/mol. The number of unbranched alkanes of at least 4 members (excludes halogenated alkanes) is 3. The summed E-state index contributed by atoms with van der Waals surface area (Å²) in [7, 11) is 1.69. The van der Waals surface area contributed by atoms with Gasteiger partial charge in [0, 0.05) is 16.1 Å². The quantitative estimate of drug-likeness (QED) is 0.411. The number of amides is 1. The molecule has 0 aromatic heterocycles. The third kappa shape index (κ3) is 7.02. The van der Waals surface area contributed by atoms with E-state index in [0.29, 0.717) is 6.42 Å². The molecule has 0 bridgehead atoms. The smallest absolute Gasteiger partial charge is 0.407 e. The summed E-state index contributed by atoms with van der Waals surface area (Å²) in [5, 5.41) is 9.74. The molecule has 0 radical (unpaired) electrons. The summed E-state index contributed by atoms with van der Waals surface area (Å²) in [6.45, 7) is 10.1. The molecule has 0 saturated carbocycles. The largest absolute Gasteiger partial charge is 0.496 e. The first-order valence-electron chi connectivity index (χ1n) is 10.0. The van der Waals surface area contributed by atoms with Gasteiger partial charge in [0.15, 0.2) is 0 Å². The van der Waals surface area contributed by atoms with E-state index in [1.165, 1.54) is 31.2 Å². The van der Waals surface area contributed by atoms with Gasteiger partial charge in [-0.1, -0.05) is 49.0 Å². The molecule has 0 aliphatic rings. The van der Waals surface area contributed by atoms with E-state index in [-0.39, 0.29) is 6.04 Å². The van der Waals surface area contributed by atoms with E-state index in [4.69, 9.17) is 4.74 Å². The van der Waals surface area contributed by atoms with Gasteiger partial charge in [0.2, 0.25) is 0 Å². The Morgan fingerprint density at radius 2 is 1.85 bits per heavy atom. The molecule has 1 atom stereocenters. The van der Waals surface area contributed by atoms with Crippen LogP contribution in [0.15, 0.2) is 16.6 Å². The van der Waals surface area contributed by atoms with Gasteiger partial charge in [0.1, 0.15) is 5.75 Å². The van der Waals surface area contributed by atoms with Crippen molar-refractivity contribution in [1.82, 2.24) is 4.90 Å². The normalized spacial score (nSPS) is 12.7. The van der Waals surface area contributed by atoms with Gasteiger partial charge in [-0.05, 0) is 69.7 Å². The van der Waals surface area contributed by atoms with Gasteiger partial charge in [0.25, 0.3) is 0 Å². The molecular weight excluding hydrogens is 406 g/mol. The van der Waals surface area contributed by atoms with Gasteiger partial charge in [-0.15, -0.1) is 0 Å². The third-order valence-corrected chi connectivity index (χ3v) is 5.71. The molecule has 4 nitrogen and oxygen atoms in total. The summed E-state index contributed by atoms with van der Waals surface area (Å²) in [5.74, 6) is 0.849. The number of carbonyl (C=O) groups is 1. The van der Waals surface area contributed by atoms with E-state index >= 15 is 0 Å². The lowest BCUT2D eigenvalue weighted by Crippen LogP contribution is -2.51. The van der Waals surface area contributed by atoms with Gasteiger partial charge in [-0.2, -0.15) is 0 Å². The van der Waals surface area contributed by atoms with Crippen LogP contribution in [0.1, 0.15) is 77.8 Å². The first kappa shape index (κ1) is 23.8. The molecule has 0 aliphatic heterocycles. The summed E-state index contributed by atoms with van der Waals surface area (Å²) >= 11 is 3.71. The fraction of sp³-hybridized carbons (Fsp3) is 0.682. The highest BCUT2D eigenvalue weighted by Crippen LogP contribution is 2.32. The van der Waals surface area contributed by atoms with Crippen LogP contribution in [0.4, 0.5) is 4.79 Å². The summed E-state index contributed by atoms with van der Waals surface area (Å²) in [4.78, 5) is 13.4. The van der Waals surface area contributed by atoms with E-state index in [1.54, 1.807) is 12.0 Å². The van der Waals surface area contributed by atoms with Crippen LogP contribution in [-0.2, 0) is 12.8 Å². The fourth-order valence-electron chi connectivity index (χ4n) is 3.58. The van der Waals surface area contributed by atoms with Crippen molar-refractivity contribution >= 4 is 22.0 Å². The van der Waals surface area contributed by atoms with Gasteiger partial charge in [-0.3, -0.25) is 0 Å². The Labute approximate surface area is 173 Å². The average molecular weight is 442 g/mol. The van der Waals surface area contributed by atoms with Crippen molar-refractivity contribution in [2.75, 3.05) is 7.11 Å². The molecule has 5 heteroatoms. The number of aryl methyl sites for hydroxylation is 1. The minimum atomic E-state index is -0.875. The lowest BCUT2D eigenvalue weighted by atomic mass is 9.95. The Morgan fingerprint density at radius 3 is 2.33 bits per heavy atom. The van der Waals surface area contributed by atoms with Crippen molar-refractivity contribution in [3.63, 3.8) is 0 Å². The van der Waals surface area contributed by atoms with E-state index in [2.05, 4.69) is 35.0 Å². The number of hydrogen-bond acceptors (Lipinski definition) is 2. The van der Waals surface area contributed by atoms with Crippen LogP contribution < -0.4 is 4.74 Å². The van der Waals surface area contributed by atoms with Crippen molar-refractivity contribution < 1.29 is 14.6 Å². The number of methoxy groups -OCH3 is 1. The predicted octanol–water partition coefficient (Wildman–Crippen LogP) is 6.68. The molecule has 27 heavy (non-hydrogen) atoms. The highest BCUT2D eigenvalue weighted by atomic mass is 79.9. The van der Waals surface area contributed by atoms with Crippen LogP contribution in [0.5, 0.6) is 5.75 Å². The molecule has 154 valence electrons. The van der Waals surface area contributed by atoms with Crippen molar-refractivity contribution in [1.29, 1.82) is 0 Å². The molecule has 0 heterocycles. The zero-order valence-corrected chi connectivity index (χ0v) is 19.4. The first-order valence-corrected chi connectivity index (χ1v) is 10.8. The highest BCUT2D eigenvalue weighted by Gasteiger charge is 2.32. The lowest BCUT2D eigenvalue weighted by Gasteiger charge is -2.39. The maximum atomic E-state index is 11.9. The minimum Gasteiger partial charge on any atom is -0.496 e. The molecular formula is C22H36BrNO3. The van der Waals surface area contributed by atoms with E-state index < -0.39 is 11.6 Å². The summed E-state index contributed by atoms with van der Waals surface area (Å²) in [6.07, 6.45) is 6.45. The van der Waals surface area contributed by atoms with Crippen molar-refractivity contribution in [3.8, 4) is 5.75 Å². The molecule has 0 spiro atoms. The third-order valence-electron chi connectivity index (χ3n) is 4.97. The summed E-state index contributed by atoms with van der Waals surface area (Å²) in [5.41, 5.74) is 1.85. The van der Waals surface area contributed by atoms with Crippen LogP contribution in [0.2, 0.25) is 0 Å². The average Bonchev–Trinajstić information content (AvgIpc) is 2.57. The Balaban J connectivity index is 3.07. The maximum Gasteiger partial charge on any atom is 0.407 e. The SMILES string of the molecule is CCCCCCc1cc(OC)c(CC(CC)N(C(=O)O)C(C)(C)C)cc1Br. The van der Waals surface area contributed by atoms with Crippen LogP contribution >= 0.6 is 15.9 Å². The molecule has 0 saturated heterocycles. The Bertz CT molecular complexity index is 610. The van der Waals surface area contributed by atoms with Crippen molar-refractivity contribution in [3.05, 3.63) is 27.7 Å². The lowest BCUT2D eigenvalue weighted by molar-refractivity contribution is 0.0684. The van der Waals surface area contributed by atoms with Crippen molar-refractivity contribution in [2.24, 2.45) is 0 Å². The van der Waals surface area contributed by atoms with Crippen LogP contribution in [0, 0.1) is 0 Å². The van der Waals surface area contributed by atoms with E-state index in [0.717, 1.165) is 28.6 Å². The van der Waals surface area contributed by atoms with E-state index in [9.17, 15) is 9.90 Å². The first-order chi connectivity index (χ1) is 12.6. The van der Waals surface area contributed by atoms with Gasteiger partial charge < -0.3 is 14.7 Å². The summed E-state index contributed by atoms with van der Waals surface area (Å²) < 4.78 is 6.74. The molecule has 0 aliphatic carbocycles. The number of carboxylic acid groups (broad SMARTS) is 1. The van der Waals surface area contributed by atoms with Gasteiger partial charge in [-0.25, -0.2) is 4.79 Å². The van der Waals surface area contributed by atoms with Crippen LogP contribution in [0.3, 0.4) is 0 Å². The second-order valence-electron chi connectivity index (χ2n) is 8.16. The second-order valence-corrected chi connectivity index (χ2v) is 9.01. The Kier molecular flexibility index (Phi) is 9.65. The standard InChI is InChI=1S/C22H36BrNO3/c1-7-9-10-11-12-16-15-20(27-6)17(14-19(16)23)13-18(8-2)24(21(25)26)22(3,4)5/h14-15,18H,7-13H2,1-6H3,(H,25,26). The van der Waals surface area contributed by atoms with Crippen LogP contribution in [0.25, 0.3) is 0 Å². The van der Waals surface area contributed by atoms with E-state index in [1.807, 2.05) is 27.7 Å². The topological polar surface area (TPSA) is 49.8 Å². The predicted molar refractivity (Wildman–Crippen MR) is 116 cm³/mol.